The van der Waals surface area contributed by atoms with Gasteiger partial charge in [-0.2, -0.15) is 23.5 Å². The Hall–Kier alpha value is -3.19. The fraction of sp³-hybridized carbons (Fsp3) is 0.167. The summed E-state index contributed by atoms with van der Waals surface area (Å²) in [7, 11) is -3.46. The van der Waals surface area contributed by atoms with Crippen LogP contribution >= 0.6 is 0 Å². The first-order chi connectivity index (χ1) is 13.1. The molecule has 0 atom stereocenters. The average molecular weight is 406 g/mol. The van der Waals surface area contributed by atoms with E-state index in [1.807, 2.05) is 0 Å². The third-order valence-corrected chi connectivity index (χ3v) is 5.09. The Morgan fingerprint density at radius 3 is 2.18 bits per heavy atom. The highest BCUT2D eigenvalue weighted by atomic mass is 32.2. The molecular weight excluding hydrogens is 393 g/mol. The van der Waals surface area contributed by atoms with E-state index in [2.05, 4.69) is 10.1 Å². The standard InChI is InChI=1S/C18H13F3N4O2S/c1-28(26,27)14-4-2-13(3-5-14)16-15(12-6-9-23-10-7-12)17(18(19,20)21)25(24-16)11-8-22/h2-7,9-10H,11H2,1H3. The first-order valence-electron chi connectivity index (χ1n) is 7.89. The number of benzene rings is 1. The van der Waals surface area contributed by atoms with Gasteiger partial charge in [0.05, 0.1) is 11.0 Å². The lowest BCUT2D eigenvalue weighted by Gasteiger charge is -2.11. The molecule has 3 rings (SSSR count). The van der Waals surface area contributed by atoms with Crippen molar-refractivity contribution in [3.05, 3.63) is 54.5 Å². The summed E-state index contributed by atoms with van der Waals surface area (Å²) in [5, 5.41) is 12.9. The molecule has 0 saturated heterocycles. The van der Waals surface area contributed by atoms with Crippen LogP contribution in [0.15, 0.2) is 53.7 Å². The number of hydrogen-bond donors (Lipinski definition) is 0. The Morgan fingerprint density at radius 1 is 1.07 bits per heavy atom. The van der Waals surface area contributed by atoms with Gasteiger partial charge < -0.3 is 0 Å². The predicted octanol–water partition coefficient (Wildman–Crippen LogP) is 3.56. The lowest BCUT2D eigenvalue weighted by molar-refractivity contribution is -0.143. The van der Waals surface area contributed by atoms with Gasteiger partial charge in [0, 0.05) is 29.8 Å². The van der Waals surface area contributed by atoms with Crippen LogP contribution < -0.4 is 0 Å². The molecule has 6 nitrogen and oxygen atoms in total. The van der Waals surface area contributed by atoms with Crippen LogP contribution in [0.2, 0.25) is 0 Å². The van der Waals surface area contributed by atoms with E-state index >= 15 is 0 Å². The summed E-state index contributed by atoms with van der Waals surface area (Å²) in [5.41, 5.74) is -0.733. The number of aromatic nitrogens is 3. The highest BCUT2D eigenvalue weighted by Gasteiger charge is 2.40. The van der Waals surface area contributed by atoms with Gasteiger partial charge in [0.1, 0.15) is 12.2 Å². The summed E-state index contributed by atoms with van der Waals surface area (Å²) in [5.74, 6) is 0. The van der Waals surface area contributed by atoms with E-state index in [1.165, 1.54) is 48.8 Å². The number of nitrogens with zero attached hydrogens (tertiary/aromatic N) is 4. The van der Waals surface area contributed by atoms with Gasteiger partial charge in [-0.1, -0.05) is 12.1 Å². The fourth-order valence-corrected chi connectivity index (χ4v) is 3.42. The van der Waals surface area contributed by atoms with Crippen molar-refractivity contribution in [1.29, 1.82) is 5.26 Å². The molecule has 0 aliphatic carbocycles. The van der Waals surface area contributed by atoms with E-state index in [0.29, 0.717) is 10.2 Å². The minimum absolute atomic E-state index is 0.00572. The Morgan fingerprint density at radius 2 is 1.68 bits per heavy atom. The third-order valence-electron chi connectivity index (χ3n) is 3.97. The summed E-state index contributed by atoms with van der Waals surface area (Å²) in [6.07, 6.45) is -1.01. The lowest BCUT2D eigenvalue weighted by atomic mass is 9.99. The van der Waals surface area contributed by atoms with Crippen LogP contribution in [-0.4, -0.2) is 29.4 Å². The normalized spacial score (nSPS) is 12.0. The maximum atomic E-state index is 13.8. The van der Waals surface area contributed by atoms with E-state index in [-0.39, 0.29) is 21.7 Å². The first-order valence-corrected chi connectivity index (χ1v) is 9.78. The Balaban J connectivity index is 2.31. The molecule has 0 radical (unpaired) electrons. The molecule has 2 heterocycles. The summed E-state index contributed by atoms with van der Waals surface area (Å²) in [4.78, 5) is 3.86. The molecule has 0 aliphatic heterocycles. The first kappa shape index (κ1) is 19.6. The van der Waals surface area contributed by atoms with E-state index in [1.54, 1.807) is 6.07 Å². The number of alkyl halides is 3. The molecule has 0 aliphatic rings. The maximum Gasteiger partial charge on any atom is 0.433 e. The van der Waals surface area contributed by atoms with Crippen molar-refractivity contribution in [3.63, 3.8) is 0 Å². The topological polar surface area (TPSA) is 88.6 Å². The van der Waals surface area contributed by atoms with Crippen LogP contribution in [0.5, 0.6) is 0 Å². The smallest absolute Gasteiger partial charge is 0.265 e. The zero-order chi connectivity index (χ0) is 20.5. The quantitative estimate of drug-likeness (QED) is 0.661. The molecule has 0 N–H and O–H groups in total. The van der Waals surface area contributed by atoms with E-state index in [9.17, 15) is 21.6 Å². The van der Waals surface area contributed by atoms with Gasteiger partial charge in [0.15, 0.2) is 15.5 Å². The van der Waals surface area contributed by atoms with Crippen LogP contribution in [0.3, 0.4) is 0 Å². The summed E-state index contributed by atoms with van der Waals surface area (Å²) < 4.78 is 65.3. The maximum absolute atomic E-state index is 13.8. The minimum atomic E-state index is -4.76. The second kappa shape index (κ2) is 7.09. The van der Waals surface area contributed by atoms with Crippen molar-refractivity contribution < 1.29 is 21.6 Å². The molecule has 0 unspecified atom stereocenters. The van der Waals surface area contributed by atoms with Crippen LogP contribution in [0, 0.1) is 11.3 Å². The van der Waals surface area contributed by atoms with Crippen LogP contribution in [0.1, 0.15) is 5.69 Å². The number of pyridine rings is 1. The Labute approximate surface area is 158 Å². The number of rotatable bonds is 4. The van der Waals surface area contributed by atoms with Crippen molar-refractivity contribution in [2.45, 2.75) is 17.6 Å². The van der Waals surface area contributed by atoms with Crippen molar-refractivity contribution in [1.82, 2.24) is 14.8 Å². The summed E-state index contributed by atoms with van der Waals surface area (Å²) in [6, 6.07) is 9.89. The SMILES string of the molecule is CS(=O)(=O)c1ccc(-c2nn(CC#N)c(C(F)(F)F)c2-c2ccncc2)cc1. The molecule has 0 amide bonds. The van der Waals surface area contributed by atoms with E-state index in [4.69, 9.17) is 5.26 Å². The molecule has 0 fully saturated rings. The molecule has 144 valence electrons. The van der Waals surface area contributed by atoms with Gasteiger partial charge >= 0.3 is 6.18 Å². The van der Waals surface area contributed by atoms with Crippen molar-refractivity contribution in [2.75, 3.05) is 6.26 Å². The van der Waals surface area contributed by atoms with Crippen molar-refractivity contribution in [3.8, 4) is 28.5 Å². The van der Waals surface area contributed by atoms with E-state index in [0.717, 1.165) is 6.26 Å². The minimum Gasteiger partial charge on any atom is -0.265 e. The van der Waals surface area contributed by atoms with Gasteiger partial charge in [-0.05, 0) is 29.8 Å². The number of sulfone groups is 1. The molecule has 0 bridgehead atoms. The third kappa shape index (κ3) is 3.75. The highest BCUT2D eigenvalue weighted by Crippen LogP contribution is 2.42. The average Bonchev–Trinajstić information content (AvgIpc) is 3.02. The molecule has 2 aromatic heterocycles. The van der Waals surface area contributed by atoms with Gasteiger partial charge in [0.2, 0.25) is 0 Å². The number of nitriles is 1. The van der Waals surface area contributed by atoms with Crippen LogP contribution in [0.4, 0.5) is 13.2 Å². The lowest BCUT2D eigenvalue weighted by Crippen LogP contribution is -2.15. The number of halogens is 3. The largest absolute Gasteiger partial charge is 0.433 e. The van der Waals surface area contributed by atoms with Gasteiger partial charge in [-0.3, -0.25) is 4.98 Å². The van der Waals surface area contributed by atoms with Gasteiger partial charge in [0.25, 0.3) is 0 Å². The molecule has 0 saturated carbocycles. The van der Waals surface area contributed by atoms with Crippen molar-refractivity contribution >= 4 is 9.84 Å². The Kier molecular flexibility index (Phi) is 4.95. The molecule has 28 heavy (non-hydrogen) atoms. The molecule has 1 aromatic carbocycles. The fourth-order valence-electron chi connectivity index (χ4n) is 2.79. The molecule has 3 aromatic rings. The zero-order valence-corrected chi connectivity index (χ0v) is 15.3. The molecule has 10 heteroatoms. The van der Waals surface area contributed by atoms with Gasteiger partial charge in [-0.15, -0.1) is 0 Å². The zero-order valence-electron chi connectivity index (χ0n) is 14.5. The van der Waals surface area contributed by atoms with E-state index < -0.39 is 28.3 Å². The predicted molar refractivity (Wildman–Crippen MR) is 94.6 cm³/mol. The molecule has 0 spiro atoms. The second-order valence-corrected chi connectivity index (χ2v) is 7.93. The van der Waals surface area contributed by atoms with Crippen LogP contribution in [-0.2, 0) is 22.6 Å². The Bertz CT molecular complexity index is 1150. The number of hydrogen-bond acceptors (Lipinski definition) is 5. The highest BCUT2D eigenvalue weighted by molar-refractivity contribution is 7.90. The van der Waals surface area contributed by atoms with Gasteiger partial charge in [-0.25, -0.2) is 13.1 Å². The summed E-state index contributed by atoms with van der Waals surface area (Å²) >= 11 is 0. The molecular formula is C18H13F3N4O2S. The second-order valence-electron chi connectivity index (χ2n) is 5.92. The van der Waals surface area contributed by atoms with Crippen LogP contribution in [0.25, 0.3) is 22.4 Å². The van der Waals surface area contributed by atoms with Crippen molar-refractivity contribution in [2.24, 2.45) is 0 Å². The monoisotopic (exact) mass is 406 g/mol. The summed E-state index contributed by atoms with van der Waals surface area (Å²) in [6.45, 7) is -0.589.